The second-order valence-corrected chi connectivity index (χ2v) is 8.17. The quantitative estimate of drug-likeness (QED) is 0.711. The molecule has 1 fully saturated rings. The molecule has 2 amide bonds. The van der Waals surface area contributed by atoms with Crippen LogP contribution in [0.2, 0.25) is 0 Å². The first-order chi connectivity index (χ1) is 14.6. The third-order valence-corrected chi connectivity index (χ3v) is 5.92. The van der Waals surface area contributed by atoms with Gasteiger partial charge in [-0.25, -0.2) is 4.39 Å². The van der Waals surface area contributed by atoms with E-state index in [1.54, 1.807) is 29.2 Å². The Balaban J connectivity index is 1.31. The fourth-order valence-corrected chi connectivity index (χ4v) is 4.23. The number of likely N-dealkylation sites (tertiary alicyclic amines) is 1. The van der Waals surface area contributed by atoms with Gasteiger partial charge < -0.3 is 15.1 Å². The van der Waals surface area contributed by atoms with Crippen LogP contribution < -0.4 is 5.32 Å². The molecule has 4 rings (SSSR count). The van der Waals surface area contributed by atoms with Gasteiger partial charge in [0.05, 0.1) is 0 Å². The van der Waals surface area contributed by atoms with E-state index < -0.39 is 0 Å². The molecule has 2 aromatic carbocycles. The summed E-state index contributed by atoms with van der Waals surface area (Å²) >= 11 is 0. The molecule has 2 aliphatic rings. The minimum atomic E-state index is -0.290. The summed E-state index contributed by atoms with van der Waals surface area (Å²) in [6.45, 7) is 4.90. The highest BCUT2D eigenvalue weighted by Gasteiger charge is 2.28. The summed E-state index contributed by atoms with van der Waals surface area (Å²) in [5.74, 6) is -0.517. The molecule has 2 aliphatic heterocycles. The Bertz CT molecular complexity index is 907. The van der Waals surface area contributed by atoms with Crippen molar-refractivity contribution >= 4 is 11.8 Å². The van der Waals surface area contributed by atoms with Crippen molar-refractivity contribution in [2.45, 2.75) is 38.8 Å². The van der Waals surface area contributed by atoms with Gasteiger partial charge in [-0.15, -0.1) is 0 Å². The number of piperidine rings is 1. The van der Waals surface area contributed by atoms with Crippen LogP contribution in [-0.2, 0) is 13.1 Å². The van der Waals surface area contributed by atoms with Gasteiger partial charge in [-0.05, 0) is 74.3 Å². The number of hydrogen-bond acceptors (Lipinski definition) is 3. The van der Waals surface area contributed by atoms with Crippen LogP contribution in [0.4, 0.5) is 4.39 Å². The SMILES string of the molecule is O=C(NCCCN1CCCCC1)c1ccc2c(c1)C(=O)N(Cc1ccc(F)cc1)C2. The lowest BCUT2D eigenvalue weighted by Gasteiger charge is -2.26. The molecule has 5 nitrogen and oxygen atoms in total. The summed E-state index contributed by atoms with van der Waals surface area (Å²) in [5.41, 5.74) is 2.90. The molecule has 2 aromatic rings. The number of benzene rings is 2. The molecule has 30 heavy (non-hydrogen) atoms. The van der Waals surface area contributed by atoms with Crippen molar-refractivity contribution < 1.29 is 14.0 Å². The summed E-state index contributed by atoms with van der Waals surface area (Å²) in [7, 11) is 0. The number of hydrogen-bond donors (Lipinski definition) is 1. The second-order valence-electron chi connectivity index (χ2n) is 8.17. The molecule has 0 aliphatic carbocycles. The Morgan fingerprint density at radius 2 is 1.80 bits per heavy atom. The minimum absolute atomic E-state index is 0.0888. The van der Waals surface area contributed by atoms with Gasteiger partial charge in [-0.3, -0.25) is 9.59 Å². The Labute approximate surface area is 176 Å². The van der Waals surface area contributed by atoms with E-state index in [9.17, 15) is 14.0 Å². The molecule has 0 saturated carbocycles. The maximum Gasteiger partial charge on any atom is 0.254 e. The topological polar surface area (TPSA) is 52.7 Å². The number of carbonyl (C=O) groups excluding carboxylic acids is 2. The lowest BCUT2D eigenvalue weighted by Crippen LogP contribution is -2.33. The lowest BCUT2D eigenvalue weighted by atomic mass is 10.1. The van der Waals surface area contributed by atoms with Gasteiger partial charge in [0.2, 0.25) is 0 Å². The number of nitrogens with zero attached hydrogens (tertiary/aromatic N) is 2. The zero-order chi connectivity index (χ0) is 20.9. The Morgan fingerprint density at radius 1 is 1.03 bits per heavy atom. The van der Waals surface area contributed by atoms with E-state index in [4.69, 9.17) is 0 Å². The van der Waals surface area contributed by atoms with Crippen molar-refractivity contribution in [3.63, 3.8) is 0 Å². The molecule has 6 heteroatoms. The fourth-order valence-electron chi connectivity index (χ4n) is 4.23. The molecule has 2 heterocycles. The van der Waals surface area contributed by atoms with Crippen molar-refractivity contribution in [3.05, 3.63) is 70.5 Å². The Kier molecular flexibility index (Phi) is 6.43. The van der Waals surface area contributed by atoms with Gasteiger partial charge in [-0.1, -0.05) is 24.6 Å². The summed E-state index contributed by atoms with van der Waals surface area (Å²) < 4.78 is 13.1. The van der Waals surface area contributed by atoms with Gasteiger partial charge in [0.1, 0.15) is 5.82 Å². The highest BCUT2D eigenvalue weighted by Crippen LogP contribution is 2.25. The van der Waals surface area contributed by atoms with Crippen molar-refractivity contribution in [1.82, 2.24) is 15.1 Å². The molecule has 0 aromatic heterocycles. The highest BCUT2D eigenvalue weighted by atomic mass is 19.1. The van der Waals surface area contributed by atoms with Crippen molar-refractivity contribution in [2.24, 2.45) is 0 Å². The van der Waals surface area contributed by atoms with Gasteiger partial charge in [0, 0.05) is 30.8 Å². The molecular weight excluding hydrogens is 381 g/mol. The largest absolute Gasteiger partial charge is 0.352 e. The first-order valence-corrected chi connectivity index (χ1v) is 10.8. The summed E-state index contributed by atoms with van der Waals surface area (Å²) in [6.07, 6.45) is 4.80. The van der Waals surface area contributed by atoms with E-state index in [-0.39, 0.29) is 17.6 Å². The first-order valence-electron chi connectivity index (χ1n) is 10.8. The zero-order valence-corrected chi connectivity index (χ0v) is 17.2. The standard InChI is InChI=1S/C24H28FN3O2/c25-21-9-5-18(6-10-21)16-28-17-20-8-7-19(15-22(20)24(28)30)23(29)26-11-4-14-27-12-2-1-3-13-27/h5-10,15H,1-4,11-14,16-17H2,(H,26,29). The van der Waals surface area contributed by atoms with Gasteiger partial charge in [0.25, 0.3) is 11.8 Å². The molecule has 0 unspecified atom stereocenters. The predicted octanol–water partition coefficient (Wildman–Crippen LogP) is 3.59. The smallest absolute Gasteiger partial charge is 0.254 e. The van der Waals surface area contributed by atoms with E-state index in [0.29, 0.717) is 30.8 Å². The Hall–Kier alpha value is -2.73. The van der Waals surface area contributed by atoms with E-state index in [0.717, 1.165) is 37.2 Å². The van der Waals surface area contributed by atoms with Crippen LogP contribution in [0.1, 0.15) is 57.5 Å². The summed E-state index contributed by atoms with van der Waals surface area (Å²) in [4.78, 5) is 29.5. The lowest BCUT2D eigenvalue weighted by molar-refractivity contribution is 0.0766. The van der Waals surface area contributed by atoms with E-state index in [1.807, 2.05) is 6.07 Å². The normalized spacial score (nSPS) is 16.6. The van der Waals surface area contributed by atoms with Gasteiger partial charge in [0.15, 0.2) is 0 Å². The van der Waals surface area contributed by atoms with Crippen LogP contribution in [-0.4, -0.2) is 47.8 Å². The average molecular weight is 410 g/mol. The molecule has 0 radical (unpaired) electrons. The maximum absolute atomic E-state index is 13.1. The number of carbonyl (C=O) groups is 2. The zero-order valence-electron chi connectivity index (χ0n) is 17.2. The van der Waals surface area contributed by atoms with Crippen molar-refractivity contribution in [3.8, 4) is 0 Å². The molecule has 158 valence electrons. The molecule has 0 spiro atoms. The second kappa shape index (κ2) is 9.39. The number of fused-ring (bicyclic) bond motifs is 1. The molecular formula is C24H28FN3O2. The number of nitrogens with one attached hydrogen (secondary N) is 1. The third-order valence-electron chi connectivity index (χ3n) is 5.92. The molecule has 0 bridgehead atoms. The monoisotopic (exact) mass is 409 g/mol. The highest BCUT2D eigenvalue weighted by molar-refractivity contribution is 6.02. The van der Waals surface area contributed by atoms with E-state index >= 15 is 0 Å². The van der Waals surface area contributed by atoms with Crippen LogP contribution in [0, 0.1) is 5.82 Å². The maximum atomic E-state index is 13.1. The summed E-state index contributed by atoms with van der Waals surface area (Å²) in [5, 5.41) is 2.97. The van der Waals surface area contributed by atoms with Gasteiger partial charge in [-0.2, -0.15) is 0 Å². The van der Waals surface area contributed by atoms with E-state index in [2.05, 4.69) is 10.2 Å². The molecule has 0 atom stereocenters. The fraction of sp³-hybridized carbons (Fsp3) is 0.417. The van der Waals surface area contributed by atoms with Crippen LogP contribution >= 0.6 is 0 Å². The molecule has 1 N–H and O–H groups in total. The van der Waals surface area contributed by atoms with E-state index in [1.165, 1.54) is 31.4 Å². The first kappa shape index (κ1) is 20.5. The number of amides is 2. The predicted molar refractivity (Wildman–Crippen MR) is 114 cm³/mol. The third kappa shape index (κ3) is 4.87. The molecule has 1 saturated heterocycles. The van der Waals surface area contributed by atoms with Crippen LogP contribution in [0.3, 0.4) is 0 Å². The van der Waals surface area contributed by atoms with Gasteiger partial charge >= 0.3 is 0 Å². The van der Waals surface area contributed by atoms with Crippen LogP contribution in [0.25, 0.3) is 0 Å². The van der Waals surface area contributed by atoms with Crippen LogP contribution in [0.5, 0.6) is 0 Å². The average Bonchev–Trinajstić information content (AvgIpc) is 3.08. The minimum Gasteiger partial charge on any atom is -0.352 e. The van der Waals surface area contributed by atoms with Crippen molar-refractivity contribution in [1.29, 1.82) is 0 Å². The Morgan fingerprint density at radius 3 is 2.57 bits per heavy atom. The number of rotatable bonds is 7. The van der Waals surface area contributed by atoms with Crippen LogP contribution in [0.15, 0.2) is 42.5 Å². The number of halogens is 1. The van der Waals surface area contributed by atoms with Crippen molar-refractivity contribution in [2.75, 3.05) is 26.2 Å². The summed E-state index contributed by atoms with van der Waals surface area (Å²) in [6, 6.07) is 11.5.